The second-order valence-electron chi connectivity index (χ2n) is 7.37. The van der Waals surface area contributed by atoms with Crippen molar-refractivity contribution in [3.05, 3.63) is 35.9 Å². The predicted molar refractivity (Wildman–Crippen MR) is 87.5 cm³/mol. The largest absolute Gasteiger partial charge is 0.273 e. The number of nitrogens with zero attached hydrogens (tertiary/aromatic N) is 1. The van der Waals surface area contributed by atoms with Crippen molar-refractivity contribution < 1.29 is 4.79 Å². The molecule has 5 atom stereocenters. The third-order valence-corrected chi connectivity index (χ3v) is 5.97. The van der Waals surface area contributed by atoms with Crippen molar-refractivity contribution >= 4 is 11.6 Å². The molecule has 2 bridgehead atoms. The number of hydrogen-bond acceptors (Lipinski definition) is 2. The van der Waals surface area contributed by atoms with Gasteiger partial charge in [-0.15, -0.1) is 0 Å². The maximum absolute atomic E-state index is 12.3. The van der Waals surface area contributed by atoms with Gasteiger partial charge in [0.25, 0.3) is 0 Å². The molecule has 0 saturated heterocycles. The Bertz CT molecular complexity index is 595. The standard InChI is InChI=1S/C19H24N2O/c1-12(16-10-13-7-8-15(16)9-13)20-21-19(22)18-11-17(18)14-5-3-2-4-6-14/h2-6,13,15-18H,7-11H2,1H3,(H,21,22)/b20-12+. The smallest absolute Gasteiger partial charge is 0.243 e. The Kier molecular flexibility index (Phi) is 3.51. The fraction of sp³-hybridized carbons (Fsp3) is 0.579. The van der Waals surface area contributed by atoms with E-state index >= 15 is 0 Å². The first-order valence-corrected chi connectivity index (χ1v) is 8.61. The first kappa shape index (κ1) is 14.0. The zero-order valence-electron chi connectivity index (χ0n) is 13.2. The third-order valence-electron chi connectivity index (χ3n) is 5.97. The molecule has 3 nitrogen and oxygen atoms in total. The minimum Gasteiger partial charge on any atom is -0.273 e. The molecule has 3 saturated carbocycles. The highest BCUT2D eigenvalue weighted by atomic mass is 16.2. The van der Waals surface area contributed by atoms with E-state index in [1.165, 1.54) is 31.2 Å². The number of benzene rings is 1. The first-order chi connectivity index (χ1) is 10.7. The second-order valence-corrected chi connectivity index (χ2v) is 7.37. The number of rotatable bonds is 4. The number of hydrogen-bond donors (Lipinski definition) is 1. The summed E-state index contributed by atoms with van der Waals surface area (Å²) in [6.45, 7) is 2.09. The summed E-state index contributed by atoms with van der Waals surface area (Å²) in [5.41, 5.74) is 5.24. The molecule has 0 spiro atoms. The number of carbonyl (C=O) groups is 1. The van der Waals surface area contributed by atoms with Gasteiger partial charge in [0.2, 0.25) is 5.91 Å². The Labute approximate surface area is 132 Å². The van der Waals surface area contributed by atoms with Crippen LogP contribution in [-0.2, 0) is 4.79 Å². The third kappa shape index (κ3) is 2.57. The number of hydrazone groups is 1. The molecule has 22 heavy (non-hydrogen) atoms. The lowest BCUT2D eigenvalue weighted by molar-refractivity contribution is -0.122. The molecule has 5 unspecified atom stereocenters. The van der Waals surface area contributed by atoms with E-state index in [1.54, 1.807) is 0 Å². The average molecular weight is 296 g/mol. The van der Waals surface area contributed by atoms with E-state index in [0.29, 0.717) is 11.8 Å². The zero-order valence-corrected chi connectivity index (χ0v) is 13.2. The lowest BCUT2D eigenvalue weighted by Crippen LogP contribution is -2.25. The van der Waals surface area contributed by atoms with E-state index in [0.717, 1.165) is 24.0 Å². The van der Waals surface area contributed by atoms with Gasteiger partial charge >= 0.3 is 0 Å². The van der Waals surface area contributed by atoms with E-state index in [9.17, 15) is 4.79 Å². The number of nitrogens with one attached hydrogen (secondary N) is 1. The summed E-state index contributed by atoms with van der Waals surface area (Å²) in [6, 6.07) is 10.3. The number of carbonyl (C=O) groups excluding carboxylic acids is 1. The van der Waals surface area contributed by atoms with Crippen LogP contribution in [0.4, 0.5) is 0 Å². The summed E-state index contributed by atoms with van der Waals surface area (Å²) in [4.78, 5) is 12.3. The molecule has 1 amide bonds. The molecule has 3 fully saturated rings. The Morgan fingerprint density at radius 3 is 2.59 bits per heavy atom. The minimum atomic E-state index is 0.0939. The van der Waals surface area contributed by atoms with Crippen LogP contribution in [0.1, 0.15) is 50.5 Å². The Hall–Kier alpha value is -1.64. The van der Waals surface area contributed by atoms with Gasteiger partial charge in [-0.25, -0.2) is 5.43 Å². The summed E-state index contributed by atoms with van der Waals surface area (Å²) in [6.07, 6.45) is 6.38. The number of fused-ring (bicyclic) bond motifs is 2. The van der Waals surface area contributed by atoms with Crippen LogP contribution in [0.15, 0.2) is 35.4 Å². The molecule has 0 heterocycles. The van der Waals surface area contributed by atoms with Gasteiger partial charge in [-0.2, -0.15) is 5.10 Å². The van der Waals surface area contributed by atoms with Crippen molar-refractivity contribution in [2.24, 2.45) is 28.8 Å². The van der Waals surface area contributed by atoms with Gasteiger partial charge in [0, 0.05) is 17.5 Å². The van der Waals surface area contributed by atoms with Crippen molar-refractivity contribution in [3.8, 4) is 0 Å². The summed E-state index contributed by atoms with van der Waals surface area (Å²) in [5.74, 6) is 2.95. The Morgan fingerprint density at radius 2 is 1.91 bits per heavy atom. The van der Waals surface area contributed by atoms with Crippen LogP contribution < -0.4 is 5.43 Å². The van der Waals surface area contributed by atoms with Crippen LogP contribution in [0.3, 0.4) is 0 Å². The molecule has 116 valence electrons. The molecule has 0 aliphatic heterocycles. The molecule has 1 aromatic rings. The highest BCUT2D eigenvalue weighted by Gasteiger charge is 2.44. The van der Waals surface area contributed by atoms with E-state index < -0.39 is 0 Å². The van der Waals surface area contributed by atoms with E-state index in [-0.39, 0.29) is 11.8 Å². The lowest BCUT2D eigenvalue weighted by atomic mass is 9.86. The average Bonchev–Trinajstić information content (AvgIpc) is 3.08. The normalized spacial score (nSPS) is 36.4. The topological polar surface area (TPSA) is 41.5 Å². The van der Waals surface area contributed by atoms with Gasteiger partial charge < -0.3 is 0 Å². The maximum Gasteiger partial charge on any atom is 0.243 e. The molecular weight excluding hydrogens is 272 g/mol. The van der Waals surface area contributed by atoms with Crippen LogP contribution in [0.2, 0.25) is 0 Å². The summed E-state index contributed by atoms with van der Waals surface area (Å²) in [5, 5.41) is 4.43. The van der Waals surface area contributed by atoms with Crippen molar-refractivity contribution in [1.29, 1.82) is 0 Å². The van der Waals surface area contributed by atoms with Crippen molar-refractivity contribution in [3.63, 3.8) is 0 Å². The summed E-state index contributed by atoms with van der Waals surface area (Å²) < 4.78 is 0. The minimum absolute atomic E-state index is 0.0939. The van der Waals surface area contributed by atoms with Crippen LogP contribution in [0.5, 0.6) is 0 Å². The zero-order chi connectivity index (χ0) is 15.1. The lowest BCUT2D eigenvalue weighted by Gasteiger charge is -2.21. The van der Waals surface area contributed by atoms with Gasteiger partial charge in [0.05, 0.1) is 0 Å². The van der Waals surface area contributed by atoms with Gasteiger partial charge in [-0.3, -0.25) is 4.79 Å². The van der Waals surface area contributed by atoms with Crippen molar-refractivity contribution in [2.45, 2.75) is 44.9 Å². The molecule has 0 radical (unpaired) electrons. The summed E-state index contributed by atoms with van der Waals surface area (Å²) >= 11 is 0. The molecule has 1 aromatic carbocycles. The van der Waals surface area contributed by atoms with Gasteiger partial charge in [0.1, 0.15) is 0 Å². The van der Waals surface area contributed by atoms with Crippen LogP contribution in [0.25, 0.3) is 0 Å². The summed E-state index contributed by atoms with van der Waals surface area (Å²) in [7, 11) is 0. The van der Waals surface area contributed by atoms with Gasteiger partial charge in [-0.05, 0) is 55.9 Å². The van der Waals surface area contributed by atoms with Crippen LogP contribution in [-0.4, -0.2) is 11.6 Å². The fourth-order valence-electron chi connectivity index (χ4n) is 4.62. The van der Waals surface area contributed by atoms with E-state index in [4.69, 9.17) is 0 Å². The maximum atomic E-state index is 12.3. The molecule has 0 aromatic heterocycles. The molecule has 3 heteroatoms. The van der Waals surface area contributed by atoms with Crippen LogP contribution >= 0.6 is 0 Å². The van der Waals surface area contributed by atoms with E-state index in [1.807, 2.05) is 18.2 Å². The van der Waals surface area contributed by atoms with Gasteiger partial charge in [0.15, 0.2) is 0 Å². The molecule has 1 N–H and O–H groups in total. The fourth-order valence-corrected chi connectivity index (χ4v) is 4.62. The van der Waals surface area contributed by atoms with Crippen LogP contribution in [0, 0.1) is 23.7 Å². The molecular formula is C19H24N2O. The highest BCUT2D eigenvalue weighted by molar-refractivity contribution is 5.88. The monoisotopic (exact) mass is 296 g/mol. The second kappa shape index (κ2) is 5.53. The van der Waals surface area contributed by atoms with E-state index in [2.05, 4.69) is 29.6 Å². The van der Waals surface area contributed by atoms with Crippen molar-refractivity contribution in [1.82, 2.24) is 5.43 Å². The van der Waals surface area contributed by atoms with Gasteiger partial charge in [-0.1, -0.05) is 36.8 Å². The Morgan fingerprint density at radius 1 is 1.09 bits per heavy atom. The predicted octanol–water partition coefficient (Wildman–Crippen LogP) is 3.72. The molecule has 3 aliphatic carbocycles. The first-order valence-electron chi connectivity index (χ1n) is 8.61. The SMILES string of the molecule is C/C(=N\NC(=O)C1CC1c1ccccc1)C1CC2CCC1C2. The molecule has 4 rings (SSSR count). The number of amides is 1. The highest BCUT2D eigenvalue weighted by Crippen LogP contribution is 2.49. The molecule has 3 aliphatic rings. The quantitative estimate of drug-likeness (QED) is 0.668. The Balaban J connectivity index is 1.33. The van der Waals surface area contributed by atoms with Crippen molar-refractivity contribution in [2.75, 3.05) is 0 Å².